The summed E-state index contributed by atoms with van der Waals surface area (Å²) in [6.45, 7) is 2.40. The lowest BCUT2D eigenvalue weighted by molar-refractivity contribution is 0.320. The van der Waals surface area contributed by atoms with E-state index in [0.29, 0.717) is 31.5 Å². The second-order valence-electron chi connectivity index (χ2n) is 5.44. The van der Waals surface area contributed by atoms with Crippen LogP contribution in [0.15, 0.2) is 28.0 Å². The highest BCUT2D eigenvalue weighted by Gasteiger charge is 2.30. The van der Waals surface area contributed by atoms with Gasteiger partial charge < -0.3 is 5.73 Å². The molecule has 1 aromatic carbocycles. The summed E-state index contributed by atoms with van der Waals surface area (Å²) >= 11 is 0. The maximum atomic E-state index is 12.7. The van der Waals surface area contributed by atoms with Crippen LogP contribution in [0.4, 0.5) is 0 Å². The van der Waals surface area contributed by atoms with Gasteiger partial charge in [0, 0.05) is 25.4 Å². The number of benzene rings is 1. The van der Waals surface area contributed by atoms with Crippen LogP contribution < -0.4 is 5.73 Å². The third-order valence-corrected chi connectivity index (χ3v) is 6.86. The van der Waals surface area contributed by atoms with Crippen molar-refractivity contribution in [3.8, 4) is 0 Å². The predicted octanol–water partition coefficient (Wildman–Crippen LogP) is 0.510. The smallest absolute Gasteiger partial charge is 0.243 e. The van der Waals surface area contributed by atoms with Crippen molar-refractivity contribution in [1.29, 1.82) is 0 Å². The molecular formula is C13H20N2O4S2. The van der Waals surface area contributed by atoms with Gasteiger partial charge in [0.05, 0.1) is 9.79 Å². The van der Waals surface area contributed by atoms with Gasteiger partial charge in [-0.15, -0.1) is 0 Å². The highest BCUT2D eigenvalue weighted by molar-refractivity contribution is 7.91. The van der Waals surface area contributed by atoms with Gasteiger partial charge in [-0.1, -0.05) is 6.07 Å². The molecule has 0 saturated carbocycles. The third kappa shape index (κ3) is 3.45. The molecule has 1 aliphatic heterocycles. The summed E-state index contributed by atoms with van der Waals surface area (Å²) in [5, 5.41) is 0. The minimum absolute atomic E-state index is 0.0142. The molecule has 1 aliphatic rings. The Kier molecular flexibility index (Phi) is 4.44. The van der Waals surface area contributed by atoms with Crippen molar-refractivity contribution >= 4 is 19.9 Å². The van der Waals surface area contributed by atoms with Crippen molar-refractivity contribution in [2.75, 3.05) is 19.3 Å². The number of hydrogen-bond acceptors (Lipinski definition) is 5. The summed E-state index contributed by atoms with van der Waals surface area (Å²) in [5.74, 6) is 0. The second kappa shape index (κ2) is 5.68. The molecule has 6 nitrogen and oxygen atoms in total. The van der Waals surface area contributed by atoms with Crippen molar-refractivity contribution in [2.45, 2.75) is 35.6 Å². The monoisotopic (exact) mass is 332 g/mol. The van der Waals surface area contributed by atoms with Crippen LogP contribution in [0.5, 0.6) is 0 Å². The van der Waals surface area contributed by atoms with E-state index in [1.807, 2.05) is 0 Å². The lowest BCUT2D eigenvalue weighted by atomic mass is 10.1. The van der Waals surface area contributed by atoms with E-state index in [0.717, 1.165) is 6.26 Å². The van der Waals surface area contributed by atoms with Crippen LogP contribution in [-0.4, -0.2) is 46.5 Å². The van der Waals surface area contributed by atoms with Gasteiger partial charge in [-0.3, -0.25) is 0 Å². The first-order chi connectivity index (χ1) is 9.62. The van der Waals surface area contributed by atoms with E-state index < -0.39 is 19.9 Å². The van der Waals surface area contributed by atoms with E-state index in [1.54, 1.807) is 6.92 Å². The summed E-state index contributed by atoms with van der Waals surface area (Å²) in [6, 6.07) is 4.23. The van der Waals surface area contributed by atoms with E-state index in [4.69, 9.17) is 5.73 Å². The quantitative estimate of drug-likeness (QED) is 0.870. The van der Waals surface area contributed by atoms with Gasteiger partial charge in [0.1, 0.15) is 0 Å². The Morgan fingerprint density at radius 1 is 1.14 bits per heavy atom. The van der Waals surface area contributed by atoms with Gasteiger partial charge in [0.25, 0.3) is 0 Å². The zero-order valence-electron chi connectivity index (χ0n) is 12.1. The average Bonchev–Trinajstić information content (AvgIpc) is 2.38. The summed E-state index contributed by atoms with van der Waals surface area (Å²) in [7, 11) is -7.13. The minimum Gasteiger partial charge on any atom is -0.328 e. The van der Waals surface area contributed by atoms with Crippen LogP contribution in [0.25, 0.3) is 0 Å². The highest BCUT2D eigenvalue weighted by Crippen LogP contribution is 2.25. The second-order valence-corrected chi connectivity index (χ2v) is 9.36. The first kappa shape index (κ1) is 16.4. The molecule has 21 heavy (non-hydrogen) atoms. The Hall–Kier alpha value is -0.960. The van der Waals surface area contributed by atoms with Gasteiger partial charge in [-0.2, -0.15) is 4.31 Å². The number of sulfonamides is 1. The van der Waals surface area contributed by atoms with Crippen molar-refractivity contribution in [3.63, 3.8) is 0 Å². The number of nitrogens with zero attached hydrogens (tertiary/aromatic N) is 1. The molecule has 0 unspecified atom stereocenters. The maximum absolute atomic E-state index is 12.7. The maximum Gasteiger partial charge on any atom is 0.243 e. The summed E-state index contributed by atoms with van der Waals surface area (Å²) in [4.78, 5) is 0.0706. The molecule has 0 bridgehead atoms. The summed E-state index contributed by atoms with van der Waals surface area (Å²) in [6.07, 6.45) is 2.29. The van der Waals surface area contributed by atoms with Crippen molar-refractivity contribution in [2.24, 2.45) is 5.73 Å². The molecule has 1 fully saturated rings. The minimum atomic E-state index is -3.69. The van der Waals surface area contributed by atoms with Gasteiger partial charge >= 0.3 is 0 Å². The largest absolute Gasteiger partial charge is 0.328 e. The molecule has 118 valence electrons. The number of piperidine rings is 1. The Morgan fingerprint density at radius 3 is 2.24 bits per heavy atom. The number of aryl methyl sites for hydroxylation is 1. The van der Waals surface area contributed by atoms with Gasteiger partial charge in [0.2, 0.25) is 10.0 Å². The van der Waals surface area contributed by atoms with Crippen molar-refractivity contribution in [1.82, 2.24) is 4.31 Å². The molecule has 0 aromatic heterocycles. The number of hydrogen-bond donors (Lipinski definition) is 1. The Morgan fingerprint density at radius 2 is 1.71 bits per heavy atom. The fourth-order valence-corrected chi connectivity index (χ4v) is 4.79. The van der Waals surface area contributed by atoms with E-state index in [9.17, 15) is 16.8 Å². The van der Waals surface area contributed by atoms with E-state index in [-0.39, 0.29) is 15.8 Å². The first-order valence-electron chi connectivity index (χ1n) is 6.69. The molecule has 0 atom stereocenters. The molecule has 2 rings (SSSR count). The van der Waals surface area contributed by atoms with Crippen LogP contribution >= 0.6 is 0 Å². The summed E-state index contributed by atoms with van der Waals surface area (Å²) < 4.78 is 50.0. The molecule has 1 heterocycles. The summed E-state index contributed by atoms with van der Waals surface area (Å²) in [5.41, 5.74) is 6.33. The van der Waals surface area contributed by atoms with Gasteiger partial charge in [0.15, 0.2) is 9.84 Å². The molecule has 1 saturated heterocycles. The fraction of sp³-hybridized carbons (Fsp3) is 0.538. The first-order valence-corrected chi connectivity index (χ1v) is 10.0. The van der Waals surface area contributed by atoms with E-state index in [2.05, 4.69) is 0 Å². The molecule has 0 radical (unpaired) electrons. The van der Waals surface area contributed by atoms with Crippen LogP contribution in [0.3, 0.4) is 0 Å². The Bertz CT molecular complexity index is 733. The topological polar surface area (TPSA) is 97.5 Å². The SMILES string of the molecule is Cc1ccc(S(C)(=O)=O)cc1S(=O)(=O)N1CCC(N)CC1. The fourth-order valence-electron chi connectivity index (χ4n) is 2.34. The Balaban J connectivity index is 2.45. The Labute approximate surface area is 125 Å². The number of rotatable bonds is 3. The lowest BCUT2D eigenvalue weighted by Gasteiger charge is -2.29. The van der Waals surface area contributed by atoms with Crippen molar-refractivity contribution < 1.29 is 16.8 Å². The molecule has 0 spiro atoms. The normalized spacial score (nSPS) is 18.8. The van der Waals surface area contributed by atoms with Crippen LogP contribution in [0.2, 0.25) is 0 Å². The standard InChI is InChI=1S/C13H20N2O4S2/c1-10-3-4-12(20(2,16)17)9-13(10)21(18,19)15-7-5-11(14)6-8-15/h3-4,9,11H,5-8,14H2,1-2H3. The number of sulfone groups is 1. The molecular weight excluding hydrogens is 312 g/mol. The van der Waals surface area contributed by atoms with E-state index in [1.165, 1.54) is 22.5 Å². The van der Waals surface area contributed by atoms with Gasteiger partial charge in [-0.25, -0.2) is 16.8 Å². The average molecular weight is 332 g/mol. The molecule has 1 aromatic rings. The highest BCUT2D eigenvalue weighted by atomic mass is 32.2. The molecule has 0 amide bonds. The van der Waals surface area contributed by atoms with Crippen LogP contribution in [0, 0.1) is 6.92 Å². The third-order valence-electron chi connectivity index (χ3n) is 3.70. The molecule has 8 heteroatoms. The number of nitrogens with two attached hydrogens (primary N) is 1. The van der Waals surface area contributed by atoms with Crippen LogP contribution in [0.1, 0.15) is 18.4 Å². The zero-order valence-corrected chi connectivity index (χ0v) is 13.7. The predicted molar refractivity (Wildman–Crippen MR) is 80.3 cm³/mol. The van der Waals surface area contributed by atoms with Crippen LogP contribution in [-0.2, 0) is 19.9 Å². The van der Waals surface area contributed by atoms with Crippen molar-refractivity contribution in [3.05, 3.63) is 23.8 Å². The van der Waals surface area contributed by atoms with E-state index >= 15 is 0 Å². The molecule has 2 N–H and O–H groups in total. The van der Waals surface area contributed by atoms with Gasteiger partial charge in [-0.05, 0) is 37.5 Å². The zero-order chi connectivity index (χ0) is 15.8. The molecule has 0 aliphatic carbocycles. The lowest BCUT2D eigenvalue weighted by Crippen LogP contribution is -2.42.